The molecule has 0 saturated heterocycles. The Morgan fingerprint density at radius 1 is 0.732 bits per heavy atom. The van der Waals surface area contributed by atoms with Crippen molar-refractivity contribution in [2.24, 2.45) is 0 Å². The highest BCUT2D eigenvalue weighted by Gasteiger charge is 2.37. The Balaban J connectivity index is 1.58. The maximum absolute atomic E-state index is 13.1. The molecule has 0 fully saturated rings. The van der Waals surface area contributed by atoms with Crippen molar-refractivity contribution in [3.05, 3.63) is 122 Å². The molecule has 0 unspecified atom stereocenters. The van der Waals surface area contributed by atoms with Crippen molar-refractivity contribution in [2.45, 2.75) is 16.0 Å². The number of anilines is 3. The van der Waals surface area contributed by atoms with Gasteiger partial charge >= 0.3 is 6.18 Å². The van der Waals surface area contributed by atoms with E-state index in [4.69, 9.17) is 0 Å². The quantitative estimate of drug-likeness (QED) is 0.178. The monoisotopic (exact) mass is 586 g/mol. The first kappa shape index (κ1) is 28.7. The first-order valence-electron chi connectivity index (χ1n) is 11.4. The summed E-state index contributed by atoms with van der Waals surface area (Å²) in [5.74, 6) is -0.391. The fourth-order valence-corrected chi connectivity index (χ4v) is 4.96. The third-order valence-electron chi connectivity index (χ3n) is 5.71. The van der Waals surface area contributed by atoms with Crippen LogP contribution in [0.3, 0.4) is 0 Å². The zero-order valence-corrected chi connectivity index (χ0v) is 21.3. The van der Waals surface area contributed by atoms with Crippen molar-refractivity contribution < 1.29 is 36.2 Å². The van der Waals surface area contributed by atoms with Gasteiger partial charge in [0.1, 0.15) is 0 Å². The molecule has 41 heavy (non-hydrogen) atoms. The Bertz CT molecular complexity index is 1710. The zero-order chi connectivity index (χ0) is 29.9. The van der Waals surface area contributed by atoms with Crippen LogP contribution in [0.1, 0.15) is 15.9 Å². The van der Waals surface area contributed by atoms with Gasteiger partial charge in [0.05, 0.1) is 25.2 Å². The summed E-state index contributed by atoms with van der Waals surface area (Å²) in [5.41, 5.74) is -4.08. The number of hydrogen-bond acceptors (Lipinski definition) is 8. The van der Waals surface area contributed by atoms with E-state index in [0.29, 0.717) is 11.3 Å². The molecule has 11 nitrogen and oxygen atoms in total. The van der Waals surface area contributed by atoms with Crippen LogP contribution >= 0.6 is 0 Å². The van der Waals surface area contributed by atoms with Crippen molar-refractivity contribution in [2.75, 3.05) is 10.6 Å². The van der Waals surface area contributed by atoms with Crippen LogP contribution in [0.2, 0.25) is 0 Å². The minimum atomic E-state index is -5.07. The zero-order valence-electron chi connectivity index (χ0n) is 20.5. The molecular weight excluding hydrogens is 569 g/mol. The van der Waals surface area contributed by atoms with Crippen LogP contribution < -0.4 is 10.6 Å². The molecule has 210 valence electrons. The summed E-state index contributed by atoms with van der Waals surface area (Å²) in [6.07, 6.45) is -5.07. The average molecular weight is 587 g/mol. The second kappa shape index (κ2) is 11.1. The highest BCUT2D eigenvalue weighted by atomic mass is 32.2. The maximum Gasteiger partial charge on any atom is 0.416 e. The fraction of sp³-hybridized carbons (Fsp3) is 0.0385. The van der Waals surface area contributed by atoms with E-state index in [2.05, 4.69) is 10.6 Å². The van der Waals surface area contributed by atoms with Gasteiger partial charge in [0, 0.05) is 29.1 Å². The van der Waals surface area contributed by atoms with Gasteiger partial charge in [-0.15, -0.1) is 0 Å². The van der Waals surface area contributed by atoms with Crippen molar-refractivity contribution >= 4 is 44.2 Å². The molecule has 0 aliphatic rings. The second-order valence-corrected chi connectivity index (χ2v) is 10.3. The number of amides is 1. The molecule has 0 saturated carbocycles. The minimum absolute atomic E-state index is 0.0612. The number of sulfone groups is 1. The number of halogens is 3. The number of benzene rings is 4. The largest absolute Gasteiger partial charge is 0.416 e. The summed E-state index contributed by atoms with van der Waals surface area (Å²) in [4.78, 5) is 32.4. The lowest BCUT2D eigenvalue weighted by Crippen LogP contribution is -2.11. The van der Waals surface area contributed by atoms with Gasteiger partial charge in [0.15, 0.2) is 5.69 Å². The molecule has 0 heterocycles. The van der Waals surface area contributed by atoms with Crippen molar-refractivity contribution in [1.29, 1.82) is 0 Å². The van der Waals surface area contributed by atoms with Crippen molar-refractivity contribution in [1.82, 2.24) is 0 Å². The lowest BCUT2D eigenvalue weighted by Gasteiger charge is -2.12. The number of nitrogens with zero attached hydrogens (tertiary/aromatic N) is 2. The van der Waals surface area contributed by atoms with Gasteiger partial charge in [-0.3, -0.25) is 25.0 Å². The Morgan fingerprint density at radius 3 is 1.63 bits per heavy atom. The Morgan fingerprint density at radius 2 is 1.20 bits per heavy atom. The average Bonchev–Trinajstić information content (AvgIpc) is 2.93. The number of rotatable bonds is 8. The van der Waals surface area contributed by atoms with E-state index in [1.807, 2.05) is 0 Å². The molecule has 4 rings (SSSR count). The molecule has 4 aromatic rings. The number of carbonyl (C=O) groups is 1. The van der Waals surface area contributed by atoms with E-state index in [1.54, 1.807) is 30.3 Å². The summed E-state index contributed by atoms with van der Waals surface area (Å²) < 4.78 is 65.6. The van der Waals surface area contributed by atoms with Crippen LogP contribution in [0.25, 0.3) is 0 Å². The number of alkyl halides is 3. The van der Waals surface area contributed by atoms with Gasteiger partial charge in [-0.25, -0.2) is 8.42 Å². The van der Waals surface area contributed by atoms with Gasteiger partial charge in [-0.1, -0.05) is 18.2 Å². The van der Waals surface area contributed by atoms with E-state index < -0.39 is 54.4 Å². The van der Waals surface area contributed by atoms with Crippen LogP contribution in [0.15, 0.2) is 101 Å². The predicted molar refractivity (Wildman–Crippen MR) is 141 cm³/mol. The van der Waals surface area contributed by atoms with E-state index >= 15 is 0 Å². The van der Waals surface area contributed by atoms with E-state index in [9.17, 15) is 46.6 Å². The van der Waals surface area contributed by atoms with Crippen LogP contribution in [-0.4, -0.2) is 24.2 Å². The molecule has 1 amide bonds. The number of nitro benzene ring substituents is 2. The molecule has 0 aliphatic carbocycles. The number of nitro groups is 2. The summed E-state index contributed by atoms with van der Waals surface area (Å²) in [5, 5.41) is 27.9. The Kier molecular flexibility index (Phi) is 7.73. The molecule has 15 heteroatoms. The third kappa shape index (κ3) is 6.30. The van der Waals surface area contributed by atoms with Gasteiger partial charge < -0.3 is 10.6 Å². The SMILES string of the molecule is O=C(Nc1ccc(S(=O)(=O)c2ccc(Nc3c([N+](=O)[O-])cc(C(F)(F)F)cc3[N+](=O)[O-])cc2)cc1)c1ccccc1. The van der Waals surface area contributed by atoms with E-state index in [1.165, 1.54) is 24.3 Å². The van der Waals surface area contributed by atoms with Gasteiger partial charge in [0.2, 0.25) is 9.84 Å². The van der Waals surface area contributed by atoms with Gasteiger partial charge in [-0.05, 0) is 60.7 Å². The standard InChI is InChI=1S/C26H17F3N4O7S/c27-26(28,29)17-14-22(32(35)36)24(23(15-17)33(37)38)30-18-6-10-20(11-7-18)41(39,40)21-12-8-19(9-13-21)31-25(34)16-4-2-1-3-5-16/h1-15,30H,(H,31,34). The Hall–Kier alpha value is -5.31. The molecule has 4 aromatic carbocycles. The second-order valence-electron chi connectivity index (χ2n) is 8.40. The van der Waals surface area contributed by atoms with Gasteiger partial charge in [0.25, 0.3) is 17.3 Å². The maximum atomic E-state index is 13.1. The minimum Gasteiger partial charge on any atom is -0.344 e. The molecule has 0 aromatic heterocycles. The fourth-order valence-electron chi connectivity index (χ4n) is 3.70. The molecule has 2 N–H and O–H groups in total. The summed E-state index contributed by atoms with van der Waals surface area (Å²) in [7, 11) is -4.07. The highest BCUT2D eigenvalue weighted by molar-refractivity contribution is 7.91. The first-order chi connectivity index (χ1) is 19.3. The van der Waals surface area contributed by atoms with Crippen LogP contribution in [0, 0.1) is 20.2 Å². The van der Waals surface area contributed by atoms with Gasteiger partial charge in [-0.2, -0.15) is 13.2 Å². The molecular formula is C26H17F3N4O7S. The topological polar surface area (TPSA) is 162 Å². The van der Waals surface area contributed by atoms with Crippen LogP contribution in [0.5, 0.6) is 0 Å². The number of carbonyl (C=O) groups excluding carboxylic acids is 1. The molecule has 0 aliphatic heterocycles. The smallest absolute Gasteiger partial charge is 0.344 e. The third-order valence-corrected chi connectivity index (χ3v) is 7.50. The predicted octanol–water partition coefficient (Wildman–Crippen LogP) is 6.35. The molecule has 0 spiro atoms. The molecule has 0 bridgehead atoms. The van der Waals surface area contributed by atoms with Crippen molar-refractivity contribution in [3.63, 3.8) is 0 Å². The van der Waals surface area contributed by atoms with Crippen LogP contribution in [0.4, 0.5) is 41.6 Å². The summed E-state index contributed by atoms with van der Waals surface area (Å²) in [6.45, 7) is 0. The van der Waals surface area contributed by atoms with E-state index in [0.717, 1.165) is 24.3 Å². The highest BCUT2D eigenvalue weighted by Crippen LogP contribution is 2.42. The van der Waals surface area contributed by atoms with Crippen LogP contribution in [-0.2, 0) is 16.0 Å². The summed E-state index contributed by atoms with van der Waals surface area (Å²) >= 11 is 0. The number of hydrogen-bond donors (Lipinski definition) is 2. The molecule has 0 atom stereocenters. The van der Waals surface area contributed by atoms with E-state index in [-0.39, 0.29) is 27.6 Å². The lowest BCUT2D eigenvalue weighted by molar-refractivity contribution is -0.392. The van der Waals surface area contributed by atoms with Crippen molar-refractivity contribution in [3.8, 4) is 0 Å². The first-order valence-corrected chi connectivity index (χ1v) is 12.9. The molecule has 0 radical (unpaired) electrons. The summed E-state index contributed by atoms with van der Waals surface area (Å²) in [6, 6.07) is 18.6. The number of nitrogens with one attached hydrogen (secondary N) is 2. The lowest BCUT2D eigenvalue weighted by atomic mass is 10.1. The Labute approximate surface area is 229 Å². The normalized spacial score (nSPS) is 11.5.